The van der Waals surface area contributed by atoms with Crippen LogP contribution in [0.3, 0.4) is 0 Å². The summed E-state index contributed by atoms with van der Waals surface area (Å²) in [5.74, 6) is 0.116. The Balaban J connectivity index is 1.57. The molecule has 3 atom stereocenters. The van der Waals surface area contributed by atoms with Gasteiger partial charge < -0.3 is 14.6 Å². The van der Waals surface area contributed by atoms with Crippen LogP contribution in [0.1, 0.15) is 17.2 Å². The molecule has 2 aromatic rings. The molecule has 2 fully saturated rings. The summed E-state index contributed by atoms with van der Waals surface area (Å²) < 4.78 is 18.9. The van der Waals surface area contributed by atoms with Gasteiger partial charge in [-0.1, -0.05) is 18.2 Å². The van der Waals surface area contributed by atoms with E-state index in [0.29, 0.717) is 13.1 Å². The molecule has 7 heteroatoms. The van der Waals surface area contributed by atoms with Gasteiger partial charge in [0.05, 0.1) is 6.04 Å². The number of carbonyl (C=O) groups excluding carboxylic acids is 1. The van der Waals surface area contributed by atoms with E-state index in [9.17, 15) is 14.0 Å². The minimum absolute atomic E-state index is 0.0222. The van der Waals surface area contributed by atoms with E-state index in [-0.39, 0.29) is 41.8 Å². The van der Waals surface area contributed by atoms with E-state index in [1.807, 2.05) is 23.1 Å². The first kappa shape index (κ1) is 18.8. The number of carbonyl (C=O) groups is 1. The molecule has 0 unspecified atom stereocenters. The van der Waals surface area contributed by atoms with Crippen LogP contribution in [0, 0.1) is 17.7 Å². The highest BCUT2D eigenvalue weighted by molar-refractivity contribution is 5.78. The quantitative estimate of drug-likeness (QED) is 0.852. The fourth-order valence-electron chi connectivity index (χ4n) is 4.67. The molecule has 0 aliphatic carbocycles. The summed E-state index contributed by atoms with van der Waals surface area (Å²) in [5.41, 5.74) is 1.48. The van der Waals surface area contributed by atoms with Crippen LogP contribution in [0.2, 0.25) is 0 Å². The van der Waals surface area contributed by atoms with E-state index in [1.165, 1.54) is 19.2 Å². The number of methoxy groups -OCH3 is 1. The normalized spacial score (nSPS) is 24.5. The molecular formula is C21H24FN3O3. The molecule has 2 saturated heterocycles. The molecule has 0 saturated carbocycles. The SMILES string of the molecule is COCC(=O)N1C[C@H]2CN(Cc3ccc[nH]c3=O)C[C@H]2[C@@H]1c1cccc(F)c1. The average molecular weight is 385 g/mol. The minimum atomic E-state index is -0.300. The first-order valence-electron chi connectivity index (χ1n) is 9.49. The Kier molecular flexibility index (Phi) is 5.28. The van der Waals surface area contributed by atoms with Crippen molar-refractivity contribution in [2.75, 3.05) is 33.4 Å². The van der Waals surface area contributed by atoms with Crippen molar-refractivity contribution in [1.29, 1.82) is 0 Å². The zero-order chi connectivity index (χ0) is 19.7. The van der Waals surface area contributed by atoms with E-state index in [1.54, 1.807) is 12.3 Å². The summed E-state index contributed by atoms with van der Waals surface area (Å²) in [4.78, 5) is 31.4. The Morgan fingerprint density at radius 2 is 2.11 bits per heavy atom. The van der Waals surface area contributed by atoms with Gasteiger partial charge in [-0.3, -0.25) is 14.5 Å². The van der Waals surface area contributed by atoms with E-state index < -0.39 is 0 Å². The van der Waals surface area contributed by atoms with Crippen molar-refractivity contribution in [2.24, 2.45) is 11.8 Å². The summed E-state index contributed by atoms with van der Waals surface area (Å²) in [6.45, 7) is 2.79. The molecule has 3 heterocycles. The Morgan fingerprint density at radius 3 is 2.86 bits per heavy atom. The smallest absolute Gasteiger partial charge is 0.252 e. The zero-order valence-electron chi connectivity index (χ0n) is 15.8. The zero-order valence-corrected chi connectivity index (χ0v) is 15.8. The fourth-order valence-corrected chi connectivity index (χ4v) is 4.67. The lowest BCUT2D eigenvalue weighted by Gasteiger charge is -2.30. The van der Waals surface area contributed by atoms with Gasteiger partial charge in [-0.2, -0.15) is 0 Å². The number of aromatic amines is 1. The summed E-state index contributed by atoms with van der Waals surface area (Å²) in [6.07, 6.45) is 1.63. The number of amides is 1. The second-order valence-electron chi connectivity index (χ2n) is 7.62. The molecule has 0 bridgehead atoms. The van der Waals surface area contributed by atoms with Crippen LogP contribution in [0.4, 0.5) is 4.39 Å². The predicted octanol–water partition coefficient (Wildman–Crippen LogP) is 1.79. The standard InChI is InChI=1S/C21H24FN3O3/c1-28-13-19(26)25-11-16-10-24(9-15-5-3-7-23-21(15)27)12-18(16)20(25)14-4-2-6-17(22)8-14/h2-8,16,18,20H,9-13H2,1H3,(H,23,27)/t16-,18-,20+/m1/s1. The van der Waals surface area contributed by atoms with Crippen molar-refractivity contribution in [3.63, 3.8) is 0 Å². The van der Waals surface area contributed by atoms with Gasteiger partial charge in [0.1, 0.15) is 12.4 Å². The van der Waals surface area contributed by atoms with Gasteiger partial charge in [-0.25, -0.2) is 4.39 Å². The molecule has 1 aromatic carbocycles. The number of rotatable bonds is 5. The van der Waals surface area contributed by atoms with Crippen molar-refractivity contribution in [1.82, 2.24) is 14.8 Å². The molecular weight excluding hydrogens is 361 g/mol. The molecule has 4 rings (SSSR count). The number of nitrogens with zero attached hydrogens (tertiary/aromatic N) is 2. The highest BCUT2D eigenvalue weighted by atomic mass is 19.1. The van der Waals surface area contributed by atoms with Gasteiger partial charge in [0.2, 0.25) is 5.91 Å². The van der Waals surface area contributed by atoms with Gasteiger partial charge in [-0.05, 0) is 29.7 Å². The fraction of sp³-hybridized carbons (Fsp3) is 0.429. The van der Waals surface area contributed by atoms with Gasteiger partial charge in [0.15, 0.2) is 0 Å². The topological polar surface area (TPSA) is 65.6 Å². The Hall–Kier alpha value is -2.51. The Labute approximate surface area is 162 Å². The molecule has 28 heavy (non-hydrogen) atoms. The minimum Gasteiger partial charge on any atom is -0.375 e. The van der Waals surface area contributed by atoms with Crippen molar-refractivity contribution >= 4 is 5.91 Å². The number of likely N-dealkylation sites (tertiary alicyclic amines) is 2. The lowest BCUT2D eigenvalue weighted by Crippen LogP contribution is -2.37. The molecule has 1 aromatic heterocycles. The van der Waals surface area contributed by atoms with Crippen molar-refractivity contribution in [3.8, 4) is 0 Å². The van der Waals surface area contributed by atoms with Crippen molar-refractivity contribution in [3.05, 3.63) is 69.9 Å². The molecule has 0 radical (unpaired) electrons. The number of H-pyrrole nitrogens is 1. The summed E-state index contributed by atoms with van der Waals surface area (Å²) in [5, 5.41) is 0. The van der Waals surface area contributed by atoms with Crippen LogP contribution >= 0.6 is 0 Å². The highest BCUT2D eigenvalue weighted by Crippen LogP contribution is 2.45. The number of halogens is 1. The third-order valence-corrected chi connectivity index (χ3v) is 5.81. The summed E-state index contributed by atoms with van der Waals surface area (Å²) in [6, 6.07) is 9.99. The molecule has 1 N–H and O–H groups in total. The Bertz CT molecular complexity index is 916. The maximum atomic E-state index is 13.9. The van der Waals surface area contributed by atoms with Gasteiger partial charge in [-0.15, -0.1) is 0 Å². The molecule has 1 amide bonds. The number of hydrogen-bond donors (Lipinski definition) is 1. The largest absolute Gasteiger partial charge is 0.375 e. The van der Waals surface area contributed by atoms with Gasteiger partial charge in [0.25, 0.3) is 5.56 Å². The van der Waals surface area contributed by atoms with Crippen LogP contribution < -0.4 is 5.56 Å². The third-order valence-electron chi connectivity index (χ3n) is 5.81. The van der Waals surface area contributed by atoms with Crippen molar-refractivity contribution < 1.29 is 13.9 Å². The number of pyridine rings is 1. The lowest BCUT2D eigenvalue weighted by atomic mass is 9.89. The van der Waals surface area contributed by atoms with E-state index in [2.05, 4.69) is 9.88 Å². The number of fused-ring (bicyclic) bond motifs is 1. The molecule has 2 aliphatic heterocycles. The number of ether oxygens (including phenoxy) is 1. The second-order valence-corrected chi connectivity index (χ2v) is 7.62. The number of benzene rings is 1. The summed E-state index contributed by atoms with van der Waals surface area (Å²) >= 11 is 0. The number of nitrogens with one attached hydrogen (secondary N) is 1. The van der Waals surface area contributed by atoms with Crippen LogP contribution in [-0.4, -0.2) is 54.0 Å². The maximum Gasteiger partial charge on any atom is 0.252 e. The molecule has 2 aliphatic rings. The number of hydrogen-bond acceptors (Lipinski definition) is 4. The van der Waals surface area contributed by atoms with Crippen LogP contribution in [-0.2, 0) is 16.1 Å². The van der Waals surface area contributed by atoms with Crippen LogP contribution in [0.5, 0.6) is 0 Å². The average Bonchev–Trinajstić information content (AvgIpc) is 3.21. The monoisotopic (exact) mass is 385 g/mol. The Morgan fingerprint density at radius 1 is 1.25 bits per heavy atom. The van der Waals surface area contributed by atoms with E-state index >= 15 is 0 Å². The first-order chi connectivity index (χ1) is 13.6. The van der Waals surface area contributed by atoms with Crippen LogP contribution in [0.25, 0.3) is 0 Å². The van der Waals surface area contributed by atoms with Crippen molar-refractivity contribution in [2.45, 2.75) is 12.6 Å². The lowest BCUT2D eigenvalue weighted by molar-refractivity contribution is -0.136. The highest BCUT2D eigenvalue weighted by Gasteiger charge is 2.49. The summed E-state index contributed by atoms with van der Waals surface area (Å²) in [7, 11) is 1.51. The number of aromatic nitrogens is 1. The van der Waals surface area contributed by atoms with E-state index in [4.69, 9.17) is 4.74 Å². The van der Waals surface area contributed by atoms with E-state index in [0.717, 1.165) is 24.2 Å². The van der Waals surface area contributed by atoms with Gasteiger partial charge >= 0.3 is 0 Å². The third kappa shape index (κ3) is 3.59. The second kappa shape index (κ2) is 7.85. The van der Waals surface area contributed by atoms with Gasteiger partial charge in [0, 0.05) is 51.0 Å². The molecule has 148 valence electrons. The molecule has 0 spiro atoms. The predicted molar refractivity (Wildman–Crippen MR) is 102 cm³/mol. The maximum absolute atomic E-state index is 13.9. The van der Waals surface area contributed by atoms with Crippen LogP contribution in [0.15, 0.2) is 47.4 Å². The molecule has 6 nitrogen and oxygen atoms in total. The first-order valence-corrected chi connectivity index (χ1v) is 9.49.